The van der Waals surface area contributed by atoms with Crippen LogP contribution in [0.5, 0.6) is 0 Å². The summed E-state index contributed by atoms with van der Waals surface area (Å²) in [6, 6.07) is 0. The molecule has 0 spiro atoms. The summed E-state index contributed by atoms with van der Waals surface area (Å²) in [4.78, 5) is 2.62. The number of fused-ring (bicyclic) bond motifs is 1. The maximum absolute atomic E-state index is 9.15. The van der Waals surface area contributed by atoms with Crippen LogP contribution in [0.3, 0.4) is 0 Å². The summed E-state index contributed by atoms with van der Waals surface area (Å²) in [6.45, 7) is 5.79. The maximum atomic E-state index is 9.15. The number of piperidine rings is 1. The standard InChI is InChI=1S/C15H30N2O/c1-15(16,12-18)8-4-9-17-10-7-13-5-2-3-6-14(13)11-17/h13-14,18H,2-12,16H2,1H3. The van der Waals surface area contributed by atoms with Gasteiger partial charge in [-0.05, 0) is 57.5 Å². The molecule has 106 valence electrons. The molecule has 1 saturated heterocycles. The van der Waals surface area contributed by atoms with Gasteiger partial charge in [0.15, 0.2) is 0 Å². The van der Waals surface area contributed by atoms with Gasteiger partial charge in [-0.15, -0.1) is 0 Å². The average Bonchev–Trinajstić information content (AvgIpc) is 2.38. The first-order valence-electron chi connectivity index (χ1n) is 7.73. The van der Waals surface area contributed by atoms with Gasteiger partial charge in [0.2, 0.25) is 0 Å². The summed E-state index contributed by atoms with van der Waals surface area (Å²) in [5.41, 5.74) is 5.58. The summed E-state index contributed by atoms with van der Waals surface area (Å²) in [6.07, 6.45) is 9.28. The minimum Gasteiger partial charge on any atom is -0.394 e. The smallest absolute Gasteiger partial charge is 0.0608 e. The molecule has 0 aromatic carbocycles. The molecule has 2 rings (SSSR count). The van der Waals surface area contributed by atoms with Crippen LogP contribution in [0.4, 0.5) is 0 Å². The van der Waals surface area contributed by atoms with E-state index < -0.39 is 0 Å². The van der Waals surface area contributed by atoms with E-state index in [0.29, 0.717) is 0 Å². The van der Waals surface area contributed by atoms with E-state index in [-0.39, 0.29) is 12.1 Å². The van der Waals surface area contributed by atoms with Crippen molar-refractivity contribution >= 4 is 0 Å². The van der Waals surface area contributed by atoms with Crippen LogP contribution >= 0.6 is 0 Å². The van der Waals surface area contributed by atoms with E-state index in [0.717, 1.165) is 31.2 Å². The predicted molar refractivity (Wildman–Crippen MR) is 75.4 cm³/mol. The Labute approximate surface area is 112 Å². The molecule has 3 unspecified atom stereocenters. The van der Waals surface area contributed by atoms with Gasteiger partial charge < -0.3 is 15.7 Å². The predicted octanol–water partition coefficient (Wildman–Crippen LogP) is 1.99. The van der Waals surface area contributed by atoms with Crippen LogP contribution in [0.2, 0.25) is 0 Å². The van der Waals surface area contributed by atoms with Gasteiger partial charge in [0.25, 0.3) is 0 Å². The first-order chi connectivity index (χ1) is 8.61. The Kier molecular flexibility index (Phi) is 5.05. The third-order valence-electron chi connectivity index (χ3n) is 4.96. The summed E-state index contributed by atoms with van der Waals surface area (Å²) in [7, 11) is 0. The third kappa shape index (κ3) is 3.94. The van der Waals surface area contributed by atoms with Crippen molar-refractivity contribution in [1.82, 2.24) is 4.90 Å². The molecule has 3 atom stereocenters. The molecule has 0 amide bonds. The number of aliphatic hydroxyl groups is 1. The quantitative estimate of drug-likeness (QED) is 0.789. The Bertz CT molecular complexity index is 255. The van der Waals surface area contributed by atoms with Crippen molar-refractivity contribution in [3.8, 4) is 0 Å². The Morgan fingerprint density at radius 3 is 2.67 bits per heavy atom. The molecule has 1 aliphatic carbocycles. The highest BCUT2D eigenvalue weighted by Gasteiger charge is 2.30. The lowest BCUT2D eigenvalue weighted by molar-refractivity contribution is 0.0831. The minimum atomic E-state index is -0.386. The van der Waals surface area contributed by atoms with E-state index in [1.54, 1.807) is 0 Å². The first kappa shape index (κ1) is 14.3. The van der Waals surface area contributed by atoms with Crippen LogP contribution in [0.1, 0.15) is 51.9 Å². The Morgan fingerprint density at radius 1 is 1.22 bits per heavy atom. The second-order valence-electron chi connectivity index (χ2n) is 6.81. The van der Waals surface area contributed by atoms with Gasteiger partial charge in [0.1, 0.15) is 0 Å². The molecule has 1 heterocycles. The van der Waals surface area contributed by atoms with Crippen molar-refractivity contribution in [2.45, 2.75) is 57.4 Å². The van der Waals surface area contributed by atoms with Gasteiger partial charge in [0.05, 0.1) is 6.61 Å². The lowest BCUT2D eigenvalue weighted by atomic mass is 9.75. The SMILES string of the molecule is CC(N)(CO)CCCN1CCC2CCCCC2C1. The second-order valence-corrected chi connectivity index (χ2v) is 6.81. The average molecular weight is 254 g/mol. The zero-order valence-electron chi connectivity index (χ0n) is 11.9. The fraction of sp³-hybridized carbons (Fsp3) is 1.00. The number of likely N-dealkylation sites (tertiary alicyclic amines) is 1. The zero-order valence-corrected chi connectivity index (χ0v) is 11.9. The number of rotatable bonds is 5. The molecule has 2 aliphatic rings. The van der Waals surface area contributed by atoms with Crippen LogP contribution in [-0.4, -0.2) is 41.8 Å². The van der Waals surface area contributed by atoms with E-state index in [2.05, 4.69) is 4.90 Å². The molecular weight excluding hydrogens is 224 g/mol. The highest BCUT2D eigenvalue weighted by molar-refractivity contribution is 4.84. The topological polar surface area (TPSA) is 49.5 Å². The van der Waals surface area contributed by atoms with Crippen molar-refractivity contribution in [2.24, 2.45) is 17.6 Å². The third-order valence-corrected chi connectivity index (χ3v) is 4.96. The van der Waals surface area contributed by atoms with Crippen molar-refractivity contribution in [1.29, 1.82) is 0 Å². The van der Waals surface area contributed by atoms with Crippen LogP contribution in [0.15, 0.2) is 0 Å². The molecule has 3 heteroatoms. The van der Waals surface area contributed by atoms with Crippen LogP contribution in [0, 0.1) is 11.8 Å². The molecule has 3 N–H and O–H groups in total. The molecule has 0 aromatic rings. The van der Waals surface area contributed by atoms with Crippen LogP contribution in [-0.2, 0) is 0 Å². The molecular formula is C15H30N2O. The van der Waals surface area contributed by atoms with Gasteiger partial charge in [-0.1, -0.05) is 19.3 Å². The molecule has 0 radical (unpaired) electrons. The summed E-state index contributed by atoms with van der Waals surface area (Å²) >= 11 is 0. The maximum Gasteiger partial charge on any atom is 0.0608 e. The second kappa shape index (κ2) is 6.36. The molecule has 1 aliphatic heterocycles. The number of hydrogen-bond acceptors (Lipinski definition) is 3. The monoisotopic (exact) mass is 254 g/mol. The van der Waals surface area contributed by atoms with E-state index >= 15 is 0 Å². The lowest BCUT2D eigenvalue weighted by Gasteiger charge is -2.41. The van der Waals surface area contributed by atoms with Crippen molar-refractivity contribution in [3.63, 3.8) is 0 Å². The first-order valence-corrected chi connectivity index (χ1v) is 7.73. The van der Waals surface area contributed by atoms with Crippen LogP contribution in [0.25, 0.3) is 0 Å². The van der Waals surface area contributed by atoms with Gasteiger partial charge in [-0.3, -0.25) is 0 Å². The van der Waals surface area contributed by atoms with Gasteiger partial charge >= 0.3 is 0 Å². The normalized spacial score (nSPS) is 32.8. The summed E-state index contributed by atoms with van der Waals surface area (Å²) < 4.78 is 0. The van der Waals surface area contributed by atoms with Gasteiger partial charge in [-0.2, -0.15) is 0 Å². The Morgan fingerprint density at radius 2 is 1.94 bits per heavy atom. The Balaban J connectivity index is 1.68. The molecule has 0 bridgehead atoms. The number of nitrogens with two attached hydrogens (primary N) is 1. The van der Waals surface area contributed by atoms with E-state index in [1.807, 2.05) is 6.92 Å². The Hall–Kier alpha value is -0.120. The number of nitrogens with zero attached hydrogens (tertiary/aromatic N) is 1. The van der Waals surface area contributed by atoms with Gasteiger partial charge in [0, 0.05) is 12.1 Å². The van der Waals surface area contributed by atoms with Crippen molar-refractivity contribution < 1.29 is 5.11 Å². The van der Waals surface area contributed by atoms with E-state index in [4.69, 9.17) is 10.8 Å². The summed E-state index contributed by atoms with van der Waals surface area (Å²) in [5.74, 6) is 1.99. The molecule has 3 nitrogen and oxygen atoms in total. The van der Waals surface area contributed by atoms with Crippen LogP contribution < -0.4 is 5.73 Å². The summed E-state index contributed by atoms with van der Waals surface area (Å²) in [5, 5.41) is 9.15. The minimum absolute atomic E-state index is 0.0949. The fourth-order valence-corrected chi connectivity index (χ4v) is 3.66. The van der Waals surface area contributed by atoms with E-state index in [9.17, 15) is 0 Å². The van der Waals surface area contributed by atoms with Crippen molar-refractivity contribution in [3.05, 3.63) is 0 Å². The molecule has 18 heavy (non-hydrogen) atoms. The van der Waals surface area contributed by atoms with E-state index in [1.165, 1.54) is 45.2 Å². The molecule has 2 fully saturated rings. The molecule has 1 saturated carbocycles. The number of aliphatic hydroxyl groups excluding tert-OH is 1. The lowest BCUT2D eigenvalue weighted by Crippen LogP contribution is -2.44. The molecule has 0 aromatic heterocycles. The zero-order chi connectivity index (χ0) is 13.0. The largest absolute Gasteiger partial charge is 0.394 e. The highest BCUT2D eigenvalue weighted by Crippen LogP contribution is 2.36. The fourth-order valence-electron chi connectivity index (χ4n) is 3.66. The highest BCUT2D eigenvalue weighted by atomic mass is 16.3. The van der Waals surface area contributed by atoms with Crippen molar-refractivity contribution in [2.75, 3.05) is 26.2 Å². The van der Waals surface area contributed by atoms with Gasteiger partial charge in [-0.25, -0.2) is 0 Å². The number of hydrogen-bond donors (Lipinski definition) is 2.